The van der Waals surface area contributed by atoms with Crippen molar-refractivity contribution >= 4 is 43.6 Å². The van der Waals surface area contributed by atoms with Gasteiger partial charge in [-0.3, -0.25) is 0 Å². The lowest BCUT2D eigenvalue weighted by Gasteiger charge is -2.60. The summed E-state index contributed by atoms with van der Waals surface area (Å²) in [6.07, 6.45) is 5.83. The van der Waals surface area contributed by atoms with E-state index in [4.69, 9.17) is 0 Å². The van der Waals surface area contributed by atoms with E-state index < -0.39 is 0 Å². The zero-order valence-electron chi connectivity index (χ0n) is 7.56. The van der Waals surface area contributed by atoms with Crippen LogP contribution in [0.3, 0.4) is 0 Å². The summed E-state index contributed by atoms with van der Waals surface area (Å²) in [5, 5.41) is 0. The predicted octanol–water partition coefficient (Wildman–Crippen LogP) is 3.82. The Hall–Kier alpha value is 1.31. The Labute approximate surface area is 101 Å². The number of hydrogen-bond acceptors (Lipinski definition) is 1. The van der Waals surface area contributed by atoms with Crippen molar-refractivity contribution in [3.8, 4) is 0 Å². The summed E-state index contributed by atoms with van der Waals surface area (Å²) in [6.45, 7) is 0. The van der Waals surface area contributed by atoms with Gasteiger partial charge in [-0.2, -0.15) is 11.8 Å². The fraction of sp³-hybridized carbons (Fsp3) is 1.00. The quantitative estimate of drug-likeness (QED) is 0.610. The van der Waals surface area contributed by atoms with Crippen LogP contribution in [-0.4, -0.2) is 21.2 Å². The van der Waals surface area contributed by atoms with E-state index in [9.17, 15) is 0 Å². The van der Waals surface area contributed by atoms with E-state index in [1.165, 1.54) is 37.2 Å². The molecule has 1 saturated heterocycles. The van der Waals surface area contributed by atoms with Crippen LogP contribution in [-0.2, 0) is 0 Å². The van der Waals surface area contributed by atoms with Gasteiger partial charge < -0.3 is 0 Å². The van der Waals surface area contributed by atoms with Crippen molar-refractivity contribution in [1.82, 2.24) is 0 Å². The van der Waals surface area contributed by atoms with Crippen LogP contribution in [0.2, 0.25) is 0 Å². The second-order valence-corrected chi connectivity index (χ2v) is 8.33. The summed E-state index contributed by atoms with van der Waals surface area (Å²) in [4.78, 5) is 1.44. The molecule has 3 rings (SSSR count). The molecule has 0 radical (unpaired) electrons. The molecule has 1 aliphatic heterocycles. The Morgan fingerprint density at radius 3 is 1.77 bits per heavy atom. The van der Waals surface area contributed by atoms with E-state index in [0.29, 0.717) is 0 Å². The van der Waals surface area contributed by atoms with Gasteiger partial charge in [0.15, 0.2) is 0 Å². The lowest BCUT2D eigenvalue weighted by atomic mass is 9.46. The number of hydrogen-bond donors (Lipinski definition) is 0. The molecule has 2 aliphatic carbocycles. The highest BCUT2D eigenvalue weighted by Gasteiger charge is 2.64. The van der Waals surface area contributed by atoms with Crippen molar-refractivity contribution in [2.45, 2.75) is 35.3 Å². The third-order valence-corrected chi connectivity index (χ3v) is 8.67. The van der Waals surface area contributed by atoms with Crippen LogP contribution in [0.1, 0.15) is 25.7 Å². The van der Waals surface area contributed by atoms with Crippen molar-refractivity contribution in [3.05, 3.63) is 0 Å². The van der Waals surface area contributed by atoms with Gasteiger partial charge >= 0.3 is 0 Å². The first kappa shape index (κ1) is 9.53. The van der Waals surface area contributed by atoms with E-state index in [0.717, 1.165) is 20.5 Å². The first-order chi connectivity index (χ1) is 6.18. The summed E-state index contributed by atoms with van der Waals surface area (Å²) in [6, 6.07) is 0. The molecule has 0 aromatic rings. The molecule has 0 amide bonds. The van der Waals surface area contributed by atoms with Crippen LogP contribution in [0.5, 0.6) is 0 Å². The van der Waals surface area contributed by atoms with Crippen LogP contribution in [0.15, 0.2) is 0 Å². The number of thioether (sulfide) groups is 1. The Kier molecular flexibility index (Phi) is 2.14. The normalized spacial score (nSPS) is 59.5. The van der Waals surface area contributed by atoms with Crippen molar-refractivity contribution in [1.29, 1.82) is 0 Å². The largest absolute Gasteiger partial charge is 0.161 e. The molecule has 4 atom stereocenters. The van der Waals surface area contributed by atoms with Crippen LogP contribution in [0.4, 0.5) is 0 Å². The van der Waals surface area contributed by atoms with Gasteiger partial charge in [0.05, 0.1) is 0 Å². The third-order valence-electron chi connectivity index (χ3n) is 4.53. The molecule has 1 heterocycles. The van der Waals surface area contributed by atoms with Gasteiger partial charge in [0.2, 0.25) is 0 Å². The maximum Gasteiger partial charge on any atom is 0.0277 e. The first-order valence-electron chi connectivity index (χ1n) is 5.03. The molecule has 0 aromatic heterocycles. The van der Waals surface area contributed by atoms with E-state index in [-0.39, 0.29) is 0 Å². The molecule has 0 N–H and O–H groups in total. The van der Waals surface area contributed by atoms with E-state index in [1.54, 1.807) is 0 Å². The van der Waals surface area contributed by atoms with Gasteiger partial charge in [0.1, 0.15) is 0 Å². The molecule has 74 valence electrons. The van der Waals surface area contributed by atoms with Crippen molar-refractivity contribution < 1.29 is 0 Å². The molecule has 13 heavy (non-hydrogen) atoms. The monoisotopic (exact) mass is 324 g/mol. The molecule has 0 bridgehead atoms. The molecule has 2 saturated carbocycles. The van der Waals surface area contributed by atoms with Crippen molar-refractivity contribution in [2.75, 3.05) is 11.5 Å². The Balaban J connectivity index is 1.92. The predicted molar refractivity (Wildman–Crippen MR) is 66.1 cm³/mol. The van der Waals surface area contributed by atoms with Gasteiger partial charge in [0.25, 0.3) is 0 Å². The van der Waals surface area contributed by atoms with Gasteiger partial charge in [0, 0.05) is 9.65 Å². The minimum absolute atomic E-state index is 0.722. The van der Waals surface area contributed by atoms with Crippen LogP contribution in [0.25, 0.3) is 0 Å². The second kappa shape index (κ2) is 2.91. The number of halogens is 2. The molecule has 0 unspecified atom stereocenters. The zero-order chi connectivity index (χ0) is 9.10. The summed E-state index contributed by atoms with van der Waals surface area (Å²) in [5.74, 6) is 2.88. The van der Waals surface area contributed by atoms with Crippen LogP contribution in [0, 0.1) is 10.8 Å². The first-order valence-corrected chi connectivity index (χ1v) is 8.02. The molecule has 0 nitrogen and oxygen atoms in total. The summed E-state index contributed by atoms with van der Waals surface area (Å²) in [5.41, 5.74) is 1.49. The maximum atomic E-state index is 3.83. The Morgan fingerprint density at radius 1 is 0.923 bits per heavy atom. The highest BCUT2D eigenvalue weighted by Crippen LogP contribution is 2.71. The molecule has 0 spiro atoms. The number of alkyl halides is 2. The number of rotatable bonds is 0. The van der Waals surface area contributed by atoms with E-state index >= 15 is 0 Å². The Bertz CT molecular complexity index is 221. The van der Waals surface area contributed by atoms with Gasteiger partial charge in [-0.05, 0) is 48.0 Å². The summed E-state index contributed by atoms with van der Waals surface area (Å²) < 4.78 is 0. The van der Waals surface area contributed by atoms with Gasteiger partial charge in [-0.1, -0.05) is 31.9 Å². The average Bonchev–Trinajstić information content (AvgIpc) is 2.33. The van der Waals surface area contributed by atoms with Gasteiger partial charge in [-0.15, -0.1) is 0 Å². The second-order valence-electron chi connectivity index (χ2n) is 4.99. The highest BCUT2D eigenvalue weighted by atomic mass is 79.9. The minimum Gasteiger partial charge on any atom is -0.161 e. The topological polar surface area (TPSA) is 0 Å². The maximum absolute atomic E-state index is 3.83. The SMILES string of the molecule is Br[C@@H]1C[C@@]23CC[C@@]2(CSC3)C[C@@H]1Br. The van der Waals surface area contributed by atoms with Gasteiger partial charge in [-0.25, -0.2) is 0 Å². The molecule has 3 heteroatoms. The summed E-state index contributed by atoms with van der Waals surface area (Å²) in [7, 11) is 0. The fourth-order valence-electron chi connectivity index (χ4n) is 3.48. The standard InChI is InChI=1S/C10H14Br2S/c11-7-3-9-1-2-10(9,4-8(7)12)6-13-5-9/h7-8H,1-6H2/t7-,8+,9-,10+. The van der Waals surface area contributed by atoms with Crippen molar-refractivity contribution in [3.63, 3.8) is 0 Å². The zero-order valence-corrected chi connectivity index (χ0v) is 11.6. The molecule has 3 fully saturated rings. The lowest BCUT2D eigenvalue weighted by molar-refractivity contribution is -0.0640. The van der Waals surface area contributed by atoms with E-state index in [2.05, 4.69) is 43.6 Å². The smallest absolute Gasteiger partial charge is 0.0277 e. The highest BCUT2D eigenvalue weighted by molar-refractivity contribution is 9.12. The lowest BCUT2D eigenvalue weighted by Crippen LogP contribution is -2.57. The van der Waals surface area contributed by atoms with Crippen molar-refractivity contribution in [2.24, 2.45) is 10.8 Å². The van der Waals surface area contributed by atoms with Crippen LogP contribution >= 0.6 is 43.6 Å². The summed E-state index contributed by atoms with van der Waals surface area (Å²) >= 11 is 9.86. The average molecular weight is 326 g/mol. The molecular formula is C10H14Br2S. The fourth-order valence-corrected chi connectivity index (χ4v) is 7.12. The third kappa shape index (κ3) is 1.10. The van der Waals surface area contributed by atoms with Crippen LogP contribution < -0.4 is 0 Å². The molecular weight excluding hydrogens is 312 g/mol. The molecule has 3 aliphatic rings. The minimum atomic E-state index is 0.722. The van der Waals surface area contributed by atoms with E-state index in [1.807, 2.05) is 0 Å². The Morgan fingerprint density at radius 2 is 1.38 bits per heavy atom. The molecule has 0 aromatic carbocycles.